The van der Waals surface area contributed by atoms with Crippen LogP contribution in [0.15, 0.2) is 28.6 Å². The van der Waals surface area contributed by atoms with E-state index in [1.807, 2.05) is 24.3 Å². The van der Waals surface area contributed by atoms with E-state index in [0.717, 1.165) is 17.7 Å². The molecular formula is C13H14N4O2S2. The van der Waals surface area contributed by atoms with Gasteiger partial charge in [0.2, 0.25) is 11.0 Å². The fraction of sp³-hybridized carbons (Fsp3) is 0.308. The number of carbonyl (C=O) groups is 1. The van der Waals surface area contributed by atoms with E-state index in [1.165, 1.54) is 23.1 Å². The van der Waals surface area contributed by atoms with Gasteiger partial charge in [-0.1, -0.05) is 41.3 Å². The lowest BCUT2D eigenvalue weighted by Gasteiger charge is -2.26. The number of benzene rings is 1. The highest BCUT2D eigenvalue weighted by Crippen LogP contribution is 2.31. The Bertz CT molecular complexity index is 647. The molecule has 1 aliphatic rings. The first-order valence-corrected chi connectivity index (χ1v) is 8.25. The van der Waals surface area contributed by atoms with Crippen molar-refractivity contribution in [3.05, 3.63) is 29.8 Å². The molecule has 0 bridgehead atoms. The van der Waals surface area contributed by atoms with Crippen molar-refractivity contribution in [2.24, 2.45) is 0 Å². The molecule has 0 radical (unpaired) electrons. The molecule has 21 heavy (non-hydrogen) atoms. The van der Waals surface area contributed by atoms with Crippen LogP contribution in [0.1, 0.15) is 18.0 Å². The van der Waals surface area contributed by atoms with E-state index in [1.54, 1.807) is 0 Å². The highest BCUT2D eigenvalue weighted by atomic mass is 32.2. The van der Waals surface area contributed by atoms with Gasteiger partial charge in [-0.05, 0) is 6.07 Å². The van der Waals surface area contributed by atoms with Crippen molar-refractivity contribution in [1.82, 2.24) is 15.5 Å². The van der Waals surface area contributed by atoms with Gasteiger partial charge in [0.25, 0.3) is 0 Å². The van der Waals surface area contributed by atoms with Crippen LogP contribution in [-0.4, -0.2) is 28.5 Å². The number of aromatic nitrogens is 2. The molecule has 0 aliphatic carbocycles. The maximum atomic E-state index is 12.1. The number of para-hydroxylation sites is 1. The largest absolute Gasteiger partial charge is 0.493 e. The summed E-state index contributed by atoms with van der Waals surface area (Å²) >= 11 is 2.62. The number of carbonyl (C=O) groups excluding carboxylic acids is 1. The van der Waals surface area contributed by atoms with Gasteiger partial charge in [-0.25, -0.2) is 0 Å². The number of hydrogen-bond donors (Lipinski definition) is 2. The molecule has 8 heteroatoms. The highest BCUT2D eigenvalue weighted by molar-refractivity contribution is 8.01. The topological polar surface area (TPSA) is 90.1 Å². The van der Waals surface area contributed by atoms with Crippen LogP contribution in [-0.2, 0) is 4.79 Å². The van der Waals surface area contributed by atoms with Crippen LogP contribution in [0.3, 0.4) is 0 Å². The van der Waals surface area contributed by atoms with Crippen LogP contribution in [0.2, 0.25) is 0 Å². The van der Waals surface area contributed by atoms with Crippen molar-refractivity contribution in [1.29, 1.82) is 0 Å². The SMILES string of the molecule is Nc1nnc(SCC(=O)NC2CCOc3ccccc32)s1. The number of ether oxygens (including phenoxy) is 1. The number of amides is 1. The molecule has 1 aliphatic heterocycles. The summed E-state index contributed by atoms with van der Waals surface area (Å²) in [5.41, 5.74) is 6.53. The zero-order valence-corrected chi connectivity index (χ0v) is 12.7. The summed E-state index contributed by atoms with van der Waals surface area (Å²) in [6, 6.07) is 7.79. The average Bonchev–Trinajstić information content (AvgIpc) is 2.91. The van der Waals surface area contributed by atoms with Gasteiger partial charge in [0, 0.05) is 12.0 Å². The standard InChI is InChI=1S/C13H14N4O2S2/c14-12-16-17-13(21-12)20-7-11(18)15-9-5-6-19-10-4-2-1-3-8(9)10/h1-4,9H,5-7H2,(H2,14,16)(H,15,18). The number of fused-ring (bicyclic) bond motifs is 1. The summed E-state index contributed by atoms with van der Waals surface area (Å²) in [6.07, 6.45) is 0.777. The molecule has 6 nitrogen and oxygen atoms in total. The zero-order valence-electron chi connectivity index (χ0n) is 11.1. The van der Waals surface area contributed by atoms with Crippen LogP contribution in [0.5, 0.6) is 5.75 Å². The van der Waals surface area contributed by atoms with Crippen LogP contribution in [0.4, 0.5) is 5.13 Å². The minimum Gasteiger partial charge on any atom is -0.493 e. The van der Waals surface area contributed by atoms with Crippen molar-refractivity contribution < 1.29 is 9.53 Å². The molecular weight excluding hydrogens is 308 g/mol. The molecule has 3 N–H and O–H groups in total. The number of hydrogen-bond acceptors (Lipinski definition) is 7. The fourth-order valence-electron chi connectivity index (χ4n) is 2.13. The molecule has 0 fully saturated rings. The molecule has 110 valence electrons. The summed E-state index contributed by atoms with van der Waals surface area (Å²) in [6.45, 7) is 0.613. The van der Waals surface area contributed by atoms with Gasteiger partial charge in [-0.3, -0.25) is 4.79 Å². The molecule has 0 saturated heterocycles. The van der Waals surface area contributed by atoms with Crippen LogP contribution in [0.25, 0.3) is 0 Å². The Morgan fingerprint density at radius 2 is 2.33 bits per heavy atom. The second-order valence-corrected chi connectivity index (χ2v) is 6.72. The molecule has 1 aromatic heterocycles. The van der Waals surface area contributed by atoms with E-state index in [4.69, 9.17) is 10.5 Å². The first kappa shape index (κ1) is 14.2. The number of nitrogen functional groups attached to an aromatic ring is 1. The Morgan fingerprint density at radius 1 is 1.48 bits per heavy atom. The molecule has 1 amide bonds. The number of rotatable bonds is 4. The van der Waals surface area contributed by atoms with Gasteiger partial charge in [-0.2, -0.15) is 0 Å². The summed E-state index contributed by atoms with van der Waals surface area (Å²) in [5, 5.41) is 11.0. The number of thioether (sulfide) groups is 1. The second-order valence-electron chi connectivity index (χ2n) is 4.49. The molecule has 2 aromatic rings. The lowest BCUT2D eigenvalue weighted by Crippen LogP contribution is -2.33. The van der Waals surface area contributed by atoms with Crippen LogP contribution >= 0.6 is 23.1 Å². The molecule has 3 rings (SSSR count). The van der Waals surface area contributed by atoms with Gasteiger partial charge in [0.15, 0.2) is 4.34 Å². The Balaban J connectivity index is 1.58. The molecule has 1 unspecified atom stereocenters. The second kappa shape index (κ2) is 6.31. The Morgan fingerprint density at radius 3 is 3.14 bits per heavy atom. The van der Waals surface area contributed by atoms with Gasteiger partial charge in [0.1, 0.15) is 5.75 Å². The molecule has 0 saturated carbocycles. The highest BCUT2D eigenvalue weighted by Gasteiger charge is 2.22. The number of nitrogens with zero attached hydrogens (tertiary/aromatic N) is 2. The number of nitrogens with one attached hydrogen (secondary N) is 1. The van der Waals surface area contributed by atoms with E-state index < -0.39 is 0 Å². The smallest absolute Gasteiger partial charge is 0.230 e. The van der Waals surface area contributed by atoms with Gasteiger partial charge in [-0.15, -0.1) is 10.2 Å². The van der Waals surface area contributed by atoms with Crippen LogP contribution in [0, 0.1) is 0 Å². The summed E-state index contributed by atoms with van der Waals surface area (Å²) < 4.78 is 6.28. The summed E-state index contributed by atoms with van der Waals surface area (Å²) in [7, 11) is 0. The maximum Gasteiger partial charge on any atom is 0.230 e. The van der Waals surface area contributed by atoms with E-state index in [2.05, 4.69) is 15.5 Å². The van der Waals surface area contributed by atoms with Gasteiger partial charge in [0.05, 0.1) is 18.4 Å². The Labute approximate surface area is 130 Å². The van der Waals surface area contributed by atoms with Gasteiger partial charge < -0.3 is 15.8 Å². The third-order valence-electron chi connectivity index (χ3n) is 3.04. The van der Waals surface area contributed by atoms with E-state index in [-0.39, 0.29) is 11.9 Å². The van der Waals surface area contributed by atoms with E-state index in [9.17, 15) is 4.79 Å². The number of nitrogens with two attached hydrogens (primary N) is 1. The lowest BCUT2D eigenvalue weighted by molar-refractivity contribution is -0.119. The minimum atomic E-state index is -0.0320. The predicted molar refractivity (Wildman–Crippen MR) is 82.5 cm³/mol. The predicted octanol–water partition coefficient (Wildman–Crippen LogP) is 1.85. The molecule has 2 heterocycles. The maximum absolute atomic E-state index is 12.1. The van der Waals surface area contributed by atoms with Crippen molar-refractivity contribution in [3.63, 3.8) is 0 Å². The normalized spacial score (nSPS) is 16.9. The van der Waals surface area contributed by atoms with Crippen molar-refractivity contribution in [2.45, 2.75) is 16.8 Å². The van der Waals surface area contributed by atoms with Crippen molar-refractivity contribution in [3.8, 4) is 5.75 Å². The average molecular weight is 322 g/mol. The monoisotopic (exact) mass is 322 g/mol. The zero-order chi connectivity index (χ0) is 14.7. The van der Waals surface area contributed by atoms with Crippen LogP contribution < -0.4 is 15.8 Å². The summed E-state index contributed by atoms with van der Waals surface area (Å²) in [4.78, 5) is 12.1. The third-order valence-corrected chi connectivity index (χ3v) is 4.93. The first-order chi connectivity index (χ1) is 10.2. The fourth-order valence-corrected chi connectivity index (χ4v) is 3.58. The Kier molecular flexibility index (Phi) is 4.26. The molecule has 1 aromatic carbocycles. The number of anilines is 1. The van der Waals surface area contributed by atoms with Crippen molar-refractivity contribution >= 4 is 34.1 Å². The minimum absolute atomic E-state index is 0.00235. The summed E-state index contributed by atoms with van der Waals surface area (Å²) in [5.74, 6) is 1.11. The van der Waals surface area contributed by atoms with Crippen molar-refractivity contribution in [2.75, 3.05) is 18.1 Å². The lowest BCUT2D eigenvalue weighted by atomic mass is 10.0. The van der Waals surface area contributed by atoms with Gasteiger partial charge >= 0.3 is 0 Å². The third kappa shape index (κ3) is 3.45. The molecule has 0 spiro atoms. The molecule has 1 atom stereocenters. The van der Waals surface area contributed by atoms with E-state index >= 15 is 0 Å². The first-order valence-electron chi connectivity index (χ1n) is 6.45. The van der Waals surface area contributed by atoms with E-state index in [0.29, 0.717) is 21.8 Å². The quantitative estimate of drug-likeness (QED) is 0.835. The Hall–Kier alpha value is -1.80.